The van der Waals surface area contributed by atoms with Crippen molar-refractivity contribution in [3.63, 3.8) is 0 Å². The van der Waals surface area contributed by atoms with Crippen LogP contribution >= 0.6 is 0 Å². The van der Waals surface area contributed by atoms with Crippen LogP contribution in [0.3, 0.4) is 0 Å². The van der Waals surface area contributed by atoms with E-state index in [2.05, 4.69) is 5.32 Å². The fraction of sp³-hybridized carbons (Fsp3) is 0.250. The van der Waals surface area contributed by atoms with Crippen molar-refractivity contribution in [1.29, 1.82) is 0 Å². The molecule has 0 atom stereocenters. The second-order valence-electron chi connectivity index (χ2n) is 6.50. The number of carbonyl (C=O) groups excluding carboxylic acids is 2. The zero-order valence-corrected chi connectivity index (χ0v) is 14.5. The van der Waals surface area contributed by atoms with Gasteiger partial charge in [0.1, 0.15) is 5.75 Å². The third kappa shape index (κ3) is 3.92. The lowest BCUT2D eigenvalue weighted by atomic mass is 10.3. The Morgan fingerprint density at radius 2 is 1.96 bits per heavy atom. The summed E-state index contributed by atoms with van der Waals surface area (Å²) in [7, 11) is 0. The number of anilines is 1. The highest BCUT2D eigenvalue weighted by Crippen LogP contribution is 2.30. The Labute approximate surface area is 154 Å². The number of para-hydroxylation sites is 2. The van der Waals surface area contributed by atoms with Crippen molar-refractivity contribution in [2.45, 2.75) is 25.8 Å². The molecule has 0 saturated heterocycles. The molecule has 27 heavy (non-hydrogen) atoms. The van der Waals surface area contributed by atoms with E-state index >= 15 is 0 Å². The van der Waals surface area contributed by atoms with Crippen molar-refractivity contribution < 1.29 is 18.7 Å². The van der Waals surface area contributed by atoms with Crippen LogP contribution in [0.4, 0.5) is 5.69 Å². The Balaban J connectivity index is 1.38. The van der Waals surface area contributed by atoms with Crippen LogP contribution in [0.5, 0.6) is 5.75 Å². The minimum absolute atomic E-state index is 0.00955. The number of oxazole rings is 1. The van der Waals surface area contributed by atoms with Gasteiger partial charge in [0.05, 0.1) is 11.9 Å². The first-order valence-electron chi connectivity index (χ1n) is 8.80. The van der Waals surface area contributed by atoms with Crippen molar-refractivity contribution in [2.75, 3.05) is 5.32 Å². The molecular formula is C20H18N2O5. The van der Waals surface area contributed by atoms with Gasteiger partial charge in [-0.05, 0) is 37.1 Å². The van der Waals surface area contributed by atoms with Gasteiger partial charge in [0.15, 0.2) is 5.58 Å². The highest BCUT2D eigenvalue weighted by molar-refractivity contribution is 5.94. The highest BCUT2D eigenvalue weighted by Gasteiger charge is 2.29. The summed E-state index contributed by atoms with van der Waals surface area (Å²) in [6, 6.07) is 13.7. The predicted molar refractivity (Wildman–Crippen MR) is 98.5 cm³/mol. The fourth-order valence-corrected chi connectivity index (χ4v) is 2.84. The van der Waals surface area contributed by atoms with Gasteiger partial charge in [0.2, 0.25) is 5.91 Å². The van der Waals surface area contributed by atoms with E-state index in [9.17, 15) is 14.4 Å². The van der Waals surface area contributed by atoms with E-state index in [0.29, 0.717) is 22.5 Å². The zero-order valence-electron chi connectivity index (χ0n) is 14.5. The van der Waals surface area contributed by atoms with Crippen LogP contribution in [0.1, 0.15) is 19.3 Å². The maximum absolute atomic E-state index is 12.2. The molecule has 1 aliphatic rings. The van der Waals surface area contributed by atoms with Gasteiger partial charge in [-0.2, -0.15) is 0 Å². The van der Waals surface area contributed by atoms with E-state index in [4.69, 9.17) is 9.15 Å². The van der Waals surface area contributed by atoms with Crippen LogP contribution in [-0.2, 0) is 16.1 Å². The number of hydrogen-bond acceptors (Lipinski definition) is 5. The number of benzene rings is 2. The summed E-state index contributed by atoms with van der Waals surface area (Å²) in [4.78, 5) is 35.9. The lowest BCUT2D eigenvalue weighted by molar-refractivity contribution is -0.134. The van der Waals surface area contributed by atoms with Gasteiger partial charge in [-0.25, -0.2) is 4.79 Å². The maximum atomic E-state index is 12.2. The van der Waals surface area contributed by atoms with E-state index < -0.39 is 11.7 Å². The average Bonchev–Trinajstić information content (AvgIpc) is 3.44. The Morgan fingerprint density at radius 1 is 1.15 bits per heavy atom. The number of nitrogens with one attached hydrogen (secondary N) is 1. The molecule has 4 rings (SSSR count). The summed E-state index contributed by atoms with van der Waals surface area (Å²) < 4.78 is 11.9. The molecule has 2 aromatic carbocycles. The molecule has 1 aliphatic carbocycles. The molecule has 7 nitrogen and oxygen atoms in total. The van der Waals surface area contributed by atoms with Crippen LogP contribution in [0.2, 0.25) is 0 Å². The second kappa shape index (κ2) is 7.11. The third-order valence-electron chi connectivity index (χ3n) is 4.39. The Morgan fingerprint density at radius 3 is 2.78 bits per heavy atom. The summed E-state index contributed by atoms with van der Waals surface area (Å²) in [5.41, 5.74) is 1.71. The molecule has 1 saturated carbocycles. The Kier molecular flexibility index (Phi) is 4.50. The van der Waals surface area contributed by atoms with Crippen LogP contribution in [0.25, 0.3) is 11.1 Å². The smallest absolute Gasteiger partial charge is 0.419 e. The molecule has 0 bridgehead atoms. The van der Waals surface area contributed by atoms with Crippen molar-refractivity contribution in [3.05, 3.63) is 59.1 Å². The Hall–Kier alpha value is -3.35. The lowest BCUT2D eigenvalue weighted by Crippen LogP contribution is -2.18. The standard InChI is InChI=1S/C20H18N2O5/c23-18(10-11-22-16-6-1-2-7-17(16)27-20(22)25)26-15-5-3-4-14(12-15)21-19(24)13-8-9-13/h1-7,12-13H,8-11H2,(H,21,24). The largest absolute Gasteiger partial charge is 0.426 e. The van der Waals surface area contributed by atoms with Crippen molar-refractivity contribution in [3.8, 4) is 5.75 Å². The van der Waals surface area contributed by atoms with Gasteiger partial charge in [0.25, 0.3) is 0 Å². The van der Waals surface area contributed by atoms with Crippen LogP contribution in [0.15, 0.2) is 57.7 Å². The molecule has 1 fully saturated rings. The Bertz CT molecular complexity index is 1060. The van der Waals surface area contributed by atoms with E-state index in [1.165, 1.54) is 4.57 Å². The molecule has 3 aromatic rings. The number of amides is 1. The predicted octanol–water partition coefficient (Wildman–Crippen LogP) is 2.94. The molecule has 138 valence electrons. The molecule has 0 spiro atoms. The first-order chi connectivity index (χ1) is 13.1. The average molecular weight is 366 g/mol. The van der Waals surface area contributed by atoms with E-state index in [-0.39, 0.29) is 24.8 Å². The number of carbonyl (C=O) groups is 2. The molecule has 1 N–H and O–H groups in total. The van der Waals surface area contributed by atoms with Crippen LogP contribution < -0.4 is 15.8 Å². The fourth-order valence-electron chi connectivity index (χ4n) is 2.84. The van der Waals surface area contributed by atoms with Crippen molar-refractivity contribution in [2.24, 2.45) is 5.92 Å². The number of fused-ring (bicyclic) bond motifs is 1. The van der Waals surface area contributed by atoms with E-state index in [1.54, 1.807) is 48.5 Å². The molecule has 0 aliphatic heterocycles. The molecule has 0 unspecified atom stereocenters. The highest BCUT2D eigenvalue weighted by atomic mass is 16.5. The third-order valence-corrected chi connectivity index (χ3v) is 4.39. The minimum atomic E-state index is -0.506. The van der Waals surface area contributed by atoms with Crippen LogP contribution in [0, 0.1) is 5.92 Å². The summed E-state index contributed by atoms with van der Waals surface area (Å²) in [5.74, 6) is -0.548. The molecular weight excluding hydrogens is 348 g/mol. The molecule has 1 aromatic heterocycles. The summed E-state index contributed by atoms with van der Waals surface area (Å²) in [5, 5.41) is 2.81. The first kappa shape index (κ1) is 17.1. The lowest BCUT2D eigenvalue weighted by Gasteiger charge is -2.08. The number of aryl methyl sites for hydroxylation is 1. The minimum Gasteiger partial charge on any atom is -0.426 e. The normalized spacial score (nSPS) is 13.5. The quantitative estimate of drug-likeness (QED) is 0.535. The van der Waals surface area contributed by atoms with Gasteiger partial charge in [-0.15, -0.1) is 0 Å². The number of rotatable bonds is 6. The molecule has 7 heteroatoms. The van der Waals surface area contributed by atoms with E-state index in [1.807, 2.05) is 0 Å². The number of nitrogens with zero attached hydrogens (tertiary/aromatic N) is 1. The van der Waals surface area contributed by atoms with Gasteiger partial charge in [-0.1, -0.05) is 18.2 Å². The number of hydrogen-bond donors (Lipinski definition) is 1. The van der Waals surface area contributed by atoms with Gasteiger partial charge in [-0.3, -0.25) is 14.2 Å². The zero-order chi connectivity index (χ0) is 18.8. The second-order valence-corrected chi connectivity index (χ2v) is 6.50. The van der Waals surface area contributed by atoms with E-state index in [0.717, 1.165) is 12.8 Å². The summed E-state index contributed by atoms with van der Waals surface area (Å²) in [6.45, 7) is 0.160. The number of esters is 1. The van der Waals surface area contributed by atoms with Gasteiger partial charge in [0, 0.05) is 24.2 Å². The maximum Gasteiger partial charge on any atom is 0.419 e. The first-order valence-corrected chi connectivity index (χ1v) is 8.80. The number of aromatic nitrogens is 1. The molecule has 1 amide bonds. The summed E-state index contributed by atoms with van der Waals surface area (Å²) in [6.07, 6.45) is 1.85. The molecule has 1 heterocycles. The summed E-state index contributed by atoms with van der Waals surface area (Å²) >= 11 is 0. The van der Waals surface area contributed by atoms with Crippen molar-refractivity contribution in [1.82, 2.24) is 4.57 Å². The van der Waals surface area contributed by atoms with Gasteiger partial charge < -0.3 is 14.5 Å². The SMILES string of the molecule is O=C(CCn1c(=O)oc2ccccc21)Oc1cccc(NC(=O)C2CC2)c1. The van der Waals surface area contributed by atoms with Gasteiger partial charge >= 0.3 is 11.7 Å². The topological polar surface area (TPSA) is 90.5 Å². The molecule has 0 radical (unpaired) electrons. The van der Waals surface area contributed by atoms with Crippen LogP contribution in [-0.4, -0.2) is 16.4 Å². The van der Waals surface area contributed by atoms with Crippen molar-refractivity contribution >= 4 is 28.7 Å². The monoisotopic (exact) mass is 366 g/mol. The number of ether oxygens (including phenoxy) is 1.